The van der Waals surface area contributed by atoms with Gasteiger partial charge >= 0.3 is 5.97 Å². The molecule has 1 saturated heterocycles. The smallest absolute Gasteiger partial charge is 0.329 e. The lowest BCUT2D eigenvalue weighted by atomic mass is 9.85. The molecule has 622 valence electrons. The van der Waals surface area contributed by atoms with E-state index in [4.69, 9.17) is 43.9 Å². The lowest BCUT2D eigenvalue weighted by Gasteiger charge is -2.37. The average molecular weight is 1560 g/mol. The van der Waals surface area contributed by atoms with Crippen LogP contribution in [0.5, 0.6) is 0 Å². The molecule has 0 saturated carbocycles. The molecular formula is C69H123N17O23. The second-order valence-electron chi connectivity index (χ2n) is 29.8. The summed E-state index contributed by atoms with van der Waals surface area (Å²) in [5, 5.41) is 78.1. The minimum Gasteiger partial charge on any atom is -0.458 e. The Hall–Kier alpha value is -8.80. The van der Waals surface area contributed by atoms with Crippen molar-refractivity contribution >= 4 is 94.6 Å². The summed E-state index contributed by atoms with van der Waals surface area (Å²) in [6.45, 7) is 19.4. The van der Waals surface area contributed by atoms with Crippen LogP contribution in [0.4, 0.5) is 0 Å². The largest absolute Gasteiger partial charge is 0.458 e. The van der Waals surface area contributed by atoms with E-state index >= 15 is 9.59 Å². The third-order valence-electron chi connectivity index (χ3n) is 19.3. The van der Waals surface area contributed by atoms with Gasteiger partial charge in [-0.2, -0.15) is 0 Å². The van der Waals surface area contributed by atoms with Crippen molar-refractivity contribution in [3.8, 4) is 0 Å². The molecule has 1 rings (SSSR count). The highest BCUT2D eigenvalue weighted by Gasteiger charge is 2.47. The summed E-state index contributed by atoms with van der Waals surface area (Å²) < 4.78 is 11.1. The van der Waals surface area contributed by atoms with Gasteiger partial charge in [0.1, 0.15) is 72.6 Å². The number of amides is 15. The summed E-state index contributed by atoms with van der Waals surface area (Å²) in [6, 6.07) is -21.6. The predicted molar refractivity (Wildman–Crippen MR) is 390 cm³/mol. The quantitative estimate of drug-likeness (QED) is 0.0259. The van der Waals surface area contributed by atoms with Crippen LogP contribution in [-0.4, -0.2) is 273 Å². The first kappa shape index (κ1) is 98.2. The van der Waals surface area contributed by atoms with Crippen LogP contribution in [0.2, 0.25) is 0 Å². The van der Waals surface area contributed by atoms with E-state index in [1.54, 1.807) is 34.6 Å². The number of nitrogens with zero attached hydrogens (tertiary/aromatic N) is 2. The zero-order valence-corrected chi connectivity index (χ0v) is 65.6. The van der Waals surface area contributed by atoms with E-state index in [0.717, 1.165) is 60.2 Å². The molecule has 0 spiro atoms. The molecule has 1 aliphatic heterocycles. The predicted octanol–water partition coefficient (Wildman–Crippen LogP) is -7.92. The number of carbonyl (C=O) groups excluding carboxylic acids is 16. The fourth-order valence-corrected chi connectivity index (χ4v) is 12.1. The molecule has 0 aromatic heterocycles. The van der Waals surface area contributed by atoms with Crippen molar-refractivity contribution in [3.05, 3.63) is 0 Å². The molecule has 26 N–H and O–H groups in total. The van der Waals surface area contributed by atoms with Gasteiger partial charge in [0.05, 0.1) is 36.2 Å². The van der Waals surface area contributed by atoms with E-state index in [2.05, 4.69) is 47.9 Å². The number of carbonyl (C=O) groups is 16. The zero-order valence-electron chi connectivity index (χ0n) is 65.6. The number of ether oxygens (including phenoxy) is 2. The first-order chi connectivity index (χ1) is 50.4. The fraction of sp³-hybridized carbons (Fsp3) is 0.768. The zero-order chi connectivity index (χ0) is 84.3. The number of primary amides is 4. The number of nitrogens with one attached hydrogen (secondary N) is 9. The maximum atomic E-state index is 15.2. The van der Waals surface area contributed by atoms with Gasteiger partial charge in [0, 0.05) is 40.1 Å². The van der Waals surface area contributed by atoms with E-state index in [1.807, 2.05) is 13.8 Å². The highest BCUT2D eigenvalue weighted by molar-refractivity contribution is 6.01. The van der Waals surface area contributed by atoms with Gasteiger partial charge in [-0.25, -0.2) is 4.79 Å². The minimum absolute atomic E-state index is 0.0123. The maximum absolute atomic E-state index is 15.2. The van der Waals surface area contributed by atoms with Crippen molar-refractivity contribution in [2.45, 2.75) is 263 Å². The SMILES string of the molecule is CCC(C)CC(C)C(O)C(C)C(=O)NC(CN)C(=O)NC(C(O)C(O)C(=O)NC(C(=O)NC1C(=O)NC([C@@H](C)O)C(=O)N[C@@H](CCCN)C(=O)N[C@@H](CC(C)C)C(=O)N(C)[C@@H](CCC(N)=O)C(=O)NC(C(OC)C(N)=O)C(=O)N[C@H](CC(N)=O)C(=O)N(C)[C@@H](CC(C)C)C(=O)O[C@@H]1C)C(C)C(C)C(N)=O)C(C)(C)O. The van der Waals surface area contributed by atoms with Crippen molar-refractivity contribution < 1.29 is 112 Å². The Balaban J connectivity index is 4.50. The number of hydrogen-bond donors (Lipinski definition) is 20. The number of hydrogen-bond acceptors (Lipinski definition) is 25. The summed E-state index contributed by atoms with van der Waals surface area (Å²) >= 11 is 0. The topological polar surface area (TPSA) is 664 Å². The average Bonchev–Trinajstić information content (AvgIpc) is 1.04. The van der Waals surface area contributed by atoms with E-state index in [1.165, 1.54) is 20.8 Å². The Labute approximate surface area is 635 Å². The molecule has 1 heterocycles. The Morgan fingerprint density at radius 3 is 1.62 bits per heavy atom. The van der Waals surface area contributed by atoms with Gasteiger partial charge < -0.3 is 127 Å². The number of nitrogens with two attached hydrogens (primary N) is 6. The van der Waals surface area contributed by atoms with E-state index in [9.17, 15) is 92.7 Å². The summed E-state index contributed by atoms with van der Waals surface area (Å²) in [5.74, 6) is -25.4. The molecule has 0 radical (unpaired) electrons. The summed E-state index contributed by atoms with van der Waals surface area (Å²) in [4.78, 5) is 228. The molecule has 15 amide bonds. The van der Waals surface area contributed by atoms with E-state index in [-0.39, 0.29) is 44.1 Å². The molecule has 0 aliphatic carbocycles. The fourth-order valence-electron chi connectivity index (χ4n) is 12.1. The number of cyclic esters (lactones) is 1. The number of likely N-dealkylation sites (N-methyl/N-ethyl adjacent to an activating group) is 2. The number of rotatable bonds is 36. The van der Waals surface area contributed by atoms with Gasteiger partial charge in [-0.3, -0.25) is 71.9 Å². The van der Waals surface area contributed by atoms with Gasteiger partial charge in [-0.15, -0.1) is 0 Å². The number of aliphatic hydroxyl groups excluding tert-OH is 4. The molecule has 1 fully saturated rings. The van der Waals surface area contributed by atoms with Crippen molar-refractivity contribution in [2.24, 2.45) is 75.8 Å². The van der Waals surface area contributed by atoms with Crippen LogP contribution < -0.4 is 82.3 Å². The molecule has 15 unspecified atom stereocenters. The summed E-state index contributed by atoms with van der Waals surface area (Å²) in [6.07, 6.45) is -14.3. The van der Waals surface area contributed by atoms with Crippen molar-refractivity contribution in [2.75, 3.05) is 34.3 Å². The molecule has 40 nitrogen and oxygen atoms in total. The Kier molecular flexibility index (Phi) is 40.9. The Morgan fingerprint density at radius 1 is 0.606 bits per heavy atom. The van der Waals surface area contributed by atoms with Gasteiger partial charge in [-0.05, 0) is 102 Å². The second kappa shape index (κ2) is 45.4. The van der Waals surface area contributed by atoms with Crippen molar-refractivity contribution in [3.63, 3.8) is 0 Å². The number of aliphatic hydroxyl groups is 5. The lowest BCUT2D eigenvalue weighted by Crippen LogP contribution is -2.66. The normalized spacial score (nSPS) is 24.4. The Morgan fingerprint density at radius 2 is 1.14 bits per heavy atom. The first-order valence-electron chi connectivity index (χ1n) is 36.4. The molecule has 0 bridgehead atoms. The van der Waals surface area contributed by atoms with Gasteiger partial charge in [-0.1, -0.05) is 75.7 Å². The van der Waals surface area contributed by atoms with Gasteiger partial charge in [0.2, 0.25) is 82.7 Å². The summed E-state index contributed by atoms with van der Waals surface area (Å²) in [5.41, 5.74) is 32.0. The standard InChI is InChI=1S/C69H123N17O23/c1-18-31(6)26-32(7)50(90)35(10)57(95)79-41(28-71)59(97)84-54(69(13,14)107)51(91)52(92)65(103)80-46(33(8)34(9)55(74)93)61(99)82-48-37(12)109-68(106)43(25-30(4)5)86(16)67(105)40(27-45(73)89)78-64(102)49(53(108-17)56(75)94)83-60(98)42(21-22-44(72)88)85(15)66(104)39(24-29(2)3)77-58(96)38(20-19-23-70)76-62(100)47(36(11)87)81-63(48)101/h29-43,46-54,87,90-92,107H,18-28,70-71H2,1-17H3,(H2,72,88)(H2,73,89)(H2,74,93)(H2,75,94)(H,76,100)(H,77,96)(H,78,102)(H,79,95)(H,80,103)(H,81,101)(H,82,99)(H,83,98)(H,84,97)/t31?,32?,33?,34?,35?,36-,37-,38+,39+,40-,41?,42+,43+,46?,47?,48?,49?,50?,51?,52?,53?,54?/m1/s1. The lowest BCUT2D eigenvalue weighted by molar-refractivity contribution is -0.162. The molecular weight excluding hydrogens is 1430 g/mol. The van der Waals surface area contributed by atoms with Crippen molar-refractivity contribution in [1.29, 1.82) is 0 Å². The number of esters is 1. The molecule has 1 aliphatic rings. The first-order valence-corrected chi connectivity index (χ1v) is 36.4. The van der Waals surface area contributed by atoms with Crippen LogP contribution in [0.25, 0.3) is 0 Å². The van der Waals surface area contributed by atoms with Crippen LogP contribution in [0.1, 0.15) is 155 Å². The van der Waals surface area contributed by atoms with Crippen molar-refractivity contribution in [1.82, 2.24) is 57.7 Å². The Bertz CT molecular complexity index is 3160. The van der Waals surface area contributed by atoms with Crippen LogP contribution >= 0.6 is 0 Å². The number of methoxy groups -OCH3 is 1. The minimum atomic E-state index is -2.75. The van der Waals surface area contributed by atoms with Crippen LogP contribution in [0.15, 0.2) is 0 Å². The van der Waals surface area contributed by atoms with Crippen LogP contribution in [0, 0.1) is 41.4 Å². The van der Waals surface area contributed by atoms with Gasteiger partial charge in [0.25, 0.3) is 5.91 Å². The van der Waals surface area contributed by atoms with Crippen LogP contribution in [0.3, 0.4) is 0 Å². The van der Waals surface area contributed by atoms with E-state index < -0.39 is 259 Å². The van der Waals surface area contributed by atoms with Crippen LogP contribution in [-0.2, 0) is 86.2 Å². The maximum Gasteiger partial charge on any atom is 0.329 e. The molecule has 22 atom stereocenters. The molecule has 109 heavy (non-hydrogen) atoms. The highest BCUT2D eigenvalue weighted by Crippen LogP contribution is 2.25. The summed E-state index contributed by atoms with van der Waals surface area (Å²) in [7, 11) is 2.99. The third-order valence-corrected chi connectivity index (χ3v) is 19.3. The van der Waals surface area contributed by atoms with Gasteiger partial charge in [0.15, 0.2) is 12.2 Å². The monoisotopic (exact) mass is 1560 g/mol. The molecule has 40 heteroatoms. The molecule has 0 aromatic carbocycles. The second-order valence-corrected chi connectivity index (χ2v) is 29.8. The van der Waals surface area contributed by atoms with E-state index in [0.29, 0.717) is 11.3 Å². The molecule has 0 aromatic rings. The highest BCUT2D eigenvalue weighted by atomic mass is 16.5. The third kappa shape index (κ3) is 30.2.